The van der Waals surface area contributed by atoms with Gasteiger partial charge in [-0.1, -0.05) is 18.2 Å². The van der Waals surface area contributed by atoms with Gasteiger partial charge in [-0.2, -0.15) is 5.10 Å². The van der Waals surface area contributed by atoms with E-state index in [0.29, 0.717) is 18.0 Å². The fraction of sp³-hybridized carbons (Fsp3) is 0.0769. The summed E-state index contributed by atoms with van der Waals surface area (Å²) in [5.41, 5.74) is 1.25. The number of carbonyl (C=O) groups is 1. The van der Waals surface area contributed by atoms with E-state index in [4.69, 9.17) is 4.42 Å². The van der Waals surface area contributed by atoms with Crippen LogP contribution in [0.5, 0.6) is 0 Å². The summed E-state index contributed by atoms with van der Waals surface area (Å²) in [5.74, 6) is 0.493. The maximum atomic E-state index is 12.0. The van der Waals surface area contributed by atoms with Crippen LogP contribution >= 0.6 is 0 Å². The lowest BCUT2D eigenvalue weighted by atomic mass is 10.2. The van der Waals surface area contributed by atoms with Gasteiger partial charge in [0.05, 0.1) is 18.3 Å². The Labute approximate surface area is 103 Å². The number of fused-ring (bicyclic) bond motifs is 1. The minimum Gasteiger partial charge on any atom is -0.467 e. The lowest BCUT2D eigenvalue weighted by molar-refractivity contribution is 0.0944. The van der Waals surface area contributed by atoms with Crippen LogP contribution in [0.3, 0.4) is 0 Å². The summed E-state index contributed by atoms with van der Waals surface area (Å²) in [7, 11) is 0. The Hall–Kier alpha value is -2.56. The zero-order chi connectivity index (χ0) is 12.4. The van der Waals surface area contributed by atoms with Crippen molar-refractivity contribution in [1.82, 2.24) is 15.5 Å². The number of hydrogen-bond donors (Lipinski definition) is 2. The van der Waals surface area contributed by atoms with Crippen LogP contribution in [0, 0.1) is 0 Å². The van der Waals surface area contributed by atoms with E-state index in [-0.39, 0.29) is 5.91 Å². The number of aromatic nitrogens is 2. The summed E-state index contributed by atoms with van der Waals surface area (Å²) < 4.78 is 5.15. The van der Waals surface area contributed by atoms with E-state index in [1.165, 1.54) is 0 Å². The highest BCUT2D eigenvalue weighted by atomic mass is 16.3. The van der Waals surface area contributed by atoms with Gasteiger partial charge < -0.3 is 9.73 Å². The Morgan fingerprint density at radius 2 is 2.17 bits per heavy atom. The monoisotopic (exact) mass is 241 g/mol. The molecular formula is C13H11N3O2. The van der Waals surface area contributed by atoms with Crippen molar-refractivity contribution < 1.29 is 9.21 Å². The second-order valence-corrected chi connectivity index (χ2v) is 3.88. The van der Waals surface area contributed by atoms with E-state index in [1.54, 1.807) is 12.3 Å². The Balaban J connectivity index is 1.80. The first-order valence-electron chi connectivity index (χ1n) is 5.58. The zero-order valence-corrected chi connectivity index (χ0v) is 9.51. The molecule has 0 radical (unpaired) electrons. The van der Waals surface area contributed by atoms with Crippen molar-refractivity contribution in [3.8, 4) is 0 Å². The van der Waals surface area contributed by atoms with Gasteiger partial charge in [0.1, 0.15) is 5.76 Å². The lowest BCUT2D eigenvalue weighted by Crippen LogP contribution is -2.23. The molecule has 3 aromatic rings. The number of aromatic amines is 1. The predicted octanol–water partition coefficient (Wildman–Crippen LogP) is 2.09. The van der Waals surface area contributed by atoms with Gasteiger partial charge in [0.25, 0.3) is 5.91 Å². The first-order chi connectivity index (χ1) is 8.84. The summed E-state index contributed by atoms with van der Waals surface area (Å²) in [6.45, 7) is 0.354. The summed E-state index contributed by atoms with van der Waals surface area (Å²) >= 11 is 0. The van der Waals surface area contributed by atoms with Crippen LogP contribution in [0.4, 0.5) is 0 Å². The van der Waals surface area contributed by atoms with Crippen molar-refractivity contribution in [2.45, 2.75) is 6.54 Å². The third-order valence-corrected chi connectivity index (χ3v) is 2.69. The Morgan fingerprint density at radius 3 is 3.00 bits per heavy atom. The number of hydrogen-bond acceptors (Lipinski definition) is 3. The van der Waals surface area contributed by atoms with Gasteiger partial charge in [-0.05, 0) is 18.2 Å². The molecule has 2 N–H and O–H groups in total. The zero-order valence-electron chi connectivity index (χ0n) is 9.51. The number of para-hydroxylation sites is 1. The van der Waals surface area contributed by atoms with E-state index in [2.05, 4.69) is 15.5 Å². The molecule has 0 aliphatic rings. The molecule has 0 saturated carbocycles. The topological polar surface area (TPSA) is 70.9 Å². The number of benzene rings is 1. The fourth-order valence-electron chi connectivity index (χ4n) is 1.80. The van der Waals surface area contributed by atoms with Crippen LogP contribution in [0.2, 0.25) is 0 Å². The van der Waals surface area contributed by atoms with Crippen LogP contribution in [0.15, 0.2) is 47.1 Å². The molecule has 3 rings (SSSR count). The highest BCUT2D eigenvalue weighted by Gasteiger charge is 2.13. The molecule has 0 aliphatic carbocycles. The third-order valence-electron chi connectivity index (χ3n) is 2.69. The molecule has 0 fully saturated rings. The number of carbonyl (C=O) groups excluding carboxylic acids is 1. The van der Waals surface area contributed by atoms with Crippen LogP contribution in [0.25, 0.3) is 10.9 Å². The number of furan rings is 1. The predicted molar refractivity (Wildman–Crippen MR) is 66.0 cm³/mol. The maximum Gasteiger partial charge on any atom is 0.272 e. The summed E-state index contributed by atoms with van der Waals surface area (Å²) in [4.78, 5) is 12.0. The van der Waals surface area contributed by atoms with Crippen LogP contribution in [-0.4, -0.2) is 16.1 Å². The van der Waals surface area contributed by atoms with Crippen LogP contribution in [0.1, 0.15) is 16.2 Å². The number of nitrogens with zero attached hydrogens (tertiary/aromatic N) is 1. The number of H-pyrrole nitrogens is 1. The van der Waals surface area contributed by atoms with Crippen molar-refractivity contribution in [1.29, 1.82) is 0 Å². The summed E-state index contributed by atoms with van der Waals surface area (Å²) in [6, 6.07) is 11.1. The fourth-order valence-corrected chi connectivity index (χ4v) is 1.80. The van der Waals surface area contributed by atoms with Gasteiger partial charge in [-0.3, -0.25) is 9.89 Å². The van der Waals surface area contributed by atoms with Gasteiger partial charge in [-0.25, -0.2) is 0 Å². The molecule has 1 aromatic carbocycles. The minimum absolute atomic E-state index is 0.219. The molecule has 2 heterocycles. The van der Waals surface area contributed by atoms with Crippen molar-refractivity contribution in [3.05, 3.63) is 54.1 Å². The Kier molecular flexibility index (Phi) is 2.57. The Bertz CT molecular complexity index is 670. The summed E-state index contributed by atoms with van der Waals surface area (Å²) in [6.07, 6.45) is 1.57. The SMILES string of the molecule is O=C(NCc1ccco1)c1n[nH]c2ccccc12. The molecule has 0 bridgehead atoms. The largest absolute Gasteiger partial charge is 0.467 e. The normalized spacial score (nSPS) is 10.7. The molecule has 90 valence electrons. The molecule has 5 nitrogen and oxygen atoms in total. The van der Waals surface area contributed by atoms with Gasteiger partial charge in [-0.15, -0.1) is 0 Å². The second kappa shape index (κ2) is 4.37. The molecule has 18 heavy (non-hydrogen) atoms. The molecule has 0 spiro atoms. The van der Waals surface area contributed by atoms with Crippen molar-refractivity contribution in [3.63, 3.8) is 0 Å². The average molecular weight is 241 g/mol. The van der Waals surface area contributed by atoms with Crippen LogP contribution in [-0.2, 0) is 6.54 Å². The van der Waals surface area contributed by atoms with E-state index >= 15 is 0 Å². The molecule has 5 heteroatoms. The van der Waals surface area contributed by atoms with Crippen molar-refractivity contribution in [2.75, 3.05) is 0 Å². The molecule has 0 unspecified atom stereocenters. The van der Waals surface area contributed by atoms with E-state index < -0.39 is 0 Å². The number of amides is 1. The first-order valence-corrected chi connectivity index (χ1v) is 5.58. The van der Waals surface area contributed by atoms with Crippen molar-refractivity contribution in [2.24, 2.45) is 0 Å². The second-order valence-electron chi connectivity index (χ2n) is 3.88. The molecule has 1 amide bonds. The number of nitrogens with one attached hydrogen (secondary N) is 2. The van der Waals surface area contributed by atoms with E-state index in [0.717, 1.165) is 10.9 Å². The van der Waals surface area contributed by atoms with Gasteiger partial charge in [0, 0.05) is 5.39 Å². The third kappa shape index (κ3) is 1.86. The van der Waals surface area contributed by atoms with E-state index in [1.807, 2.05) is 30.3 Å². The Morgan fingerprint density at radius 1 is 1.28 bits per heavy atom. The maximum absolute atomic E-state index is 12.0. The highest BCUT2D eigenvalue weighted by Crippen LogP contribution is 2.14. The molecule has 0 saturated heterocycles. The van der Waals surface area contributed by atoms with Crippen LogP contribution < -0.4 is 5.32 Å². The molecular weight excluding hydrogens is 230 g/mol. The van der Waals surface area contributed by atoms with Gasteiger partial charge >= 0.3 is 0 Å². The summed E-state index contributed by atoms with van der Waals surface area (Å²) in [5, 5.41) is 10.4. The van der Waals surface area contributed by atoms with Gasteiger partial charge in [0.15, 0.2) is 5.69 Å². The van der Waals surface area contributed by atoms with Gasteiger partial charge in [0.2, 0.25) is 0 Å². The average Bonchev–Trinajstić information content (AvgIpc) is 3.05. The van der Waals surface area contributed by atoms with Crippen molar-refractivity contribution >= 4 is 16.8 Å². The molecule has 0 aliphatic heterocycles. The number of rotatable bonds is 3. The lowest BCUT2D eigenvalue weighted by Gasteiger charge is -2.00. The highest BCUT2D eigenvalue weighted by molar-refractivity contribution is 6.04. The van der Waals surface area contributed by atoms with E-state index in [9.17, 15) is 4.79 Å². The minimum atomic E-state index is -0.219. The quantitative estimate of drug-likeness (QED) is 0.737. The standard InChI is InChI=1S/C13H11N3O2/c17-13(14-8-9-4-3-7-18-9)12-10-5-1-2-6-11(10)15-16-12/h1-7H,8H2,(H,14,17)(H,15,16). The molecule has 2 aromatic heterocycles. The smallest absolute Gasteiger partial charge is 0.272 e. The molecule has 0 atom stereocenters. The first kappa shape index (κ1) is 10.6.